The molecule has 0 N–H and O–H groups in total. The number of likely N-dealkylation sites (tertiary alicyclic amines) is 1. The van der Waals surface area contributed by atoms with Crippen LogP contribution in [0.15, 0.2) is 0 Å². The van der Waals surface area contributed by atoms with E-state index < -0.39 is 0 Å². The molecule has 2 heterocycles. The SMILES string of the molecule is CO[C@@H]1CN(CC2CC2)[C@H]2CCCO[C@@H]12. The van der Waals surface area contributed by atoms with Crippen molar-refractivity contribution in [2.45, 2.75) is 43.9 Å². The third-order valence-electron chi connectivity index (χ3n) is 4.08. The fourth-order valence-electron chi connectivity index (χ4n) is 3.05. The molecule has 0 radical (unpaired) electrons. The number of nitrogens with zero attached hydrogens (tertiary/aromatic N) is 1. The van der Waals surface area contributed by atoms with Crippen molar-refractivity contribution in [3.05, 3.63) is 0 Å². The average Bonchev–Trinajstić information content (AvgIpc) is 3.01. The van der Waals surface area contributed by atoms with Gasteiger partial charge in [0, 0.05) is 32.8 Å². The minimum absolute atomic E-state index is 0.314. The number of hydrogen-bond donors (Lipinski definition) is 0. The van der Waals surface area contributed by atoms with Gasteiger partial charge in [0.1, 0.15) is 6.10 Å². The second-order valence-corrected chi connectivity index (χ2v) is 5.22. The van der Waals surface area contributed by atoms with Gasteiger partial charge in [0.2, 0.25) is 0 Å². The number of methoxy groups -OCH3 is 1. The molecule has 0 amide bonds. The highest BCUT2D eigenvalue weighted by atomic mass is 16.5. The van der Waals surface area contributed by atoms with Crippen LogP contribution in [0.1, 0.15) is 25.7 Å². The lowest BCUT2D eigenvalue weighted by Crippen LogP contribution is -2.42. The van der Waals surface area contributed by atoms with E-state index in [4.69, 9.17) is 9.47 Å². The number of fused-ring (bicyclic) bond motifs is 1. The quantitative estimate of drug-likeness (QED) is 0.702. The Morgan fingerprint density at radius 3 is 2.93 bits per heavy atom. The Bertz CT molecular complexity index is 230. The molecule has 86 valence electrons. The van der Waals surface area contributed by atoms with Gasteiger partial charge in [-0.25, -0.2) is 0 Å². The number of rotatable bonds is 3. The molecule has 3 rings (SSSR count). The van der Waals surface area contributed by atoms with E-state index in [2.05, 4.69) is 4.90 Å². The Labute approximate surface area is 91.7 Å². The summed E-state index contributed by atoms with van der Waals surface area (Å²) in [6.07, 6.45) is 6.06. The van der Waals surface area contributed by atoms with Crippen LogP contribution in [0.5, 0.6) is 0 Å². The third kappa shape index (κ3) is 1.93. The van der Waals surface area contributed by atoms with Crippen LogP contribution in [-0.2, 0) is 9.47 Å². The second kappa shape index (κ2) is 4.04. The topological polar surface area (TPSA) is 21.7 Å². The molecule has 3 nitrogen and oxygen atoms in total. The van der Waals surface area contributed by atoms with Crippen LogP contribution in [0.3, 0.4) is 0 Å². The first-order valence-corrected chi connectivity index (χ1v) is 6.27. The number of ether oxygens (including phenoxy) is 2. The summed E-state index contributed by atoms with van der Waals surface area (Å²) in [7, 11) is 1.82. The van der Waals surface area contributed by atoms with Crippen molar-refractivity contribution in [3.63, 3.8) is 0 Å². The molecule has 2 saturated heterocycles. The first-order valence-electron chi connectivity index (χ1n) is 6.27. The van der Waals surface area contributed by atoms with Gasteiger partial charge in [-0.3, -0.25) is 4.90 Å². The van der Waals surface area contributed by atoms with Gasteiger partial charge in [-0.1, -0.05) is 0 Å². The lowest BCUT2D eigenvalue weighted by Gasteiger charge is -2.32. The molecule has 15 heavy (non-hydrogen) atoms. The van der Waals surface area contributed by atoms with Gasteiger partial charge in [-0.05, 0) is 31.6 Å². The van der Waals surface area contributed by atoms with Crippen LogP contribution in [0.2, 0.25) is 0 Å². The third-order valence-corrected chi connectivity index (χ3v) is 4.08. The van der Waals surface area contributed by atoms with Gasteiger partial charge in [0.15, 0.2) is 0 Å². The molecule has 0 spiro atoms. The van der Waals surface area contributed by atoms with Gasteiger partial charge >= 0.3 is 0 Å². The van der Waals surface area contributed by atoms with Crippen LogP contribution >= 0.6 is 0 Å². The highest BCUT2D eigenvalue weighted by Crippen LogP contribution is 2.36. The zero-order valence-corrected chi connectivity index (χ0v) is 9.52. The van der Waals surface area contributed by atoms with Crippen LogP contribution in [0, 0.1) is 5.92 Å². The molecule has 1 saturated carbocycles. The lowest BCUT2D eigenvalue weighted by molar-refractivity contribution is -0.0653. The monoisotopic (exact) mass is 211 g/mol. The normalized spacial score (nSPS) is 41.8. The van der Waals surface area contributed by atoms with E-state index in [-0.39, 0.29) is 0 Å². The average molecular weight is 211 g/mol. The molecule has 0 aromatic rings. The molecule has 0 aromatic heterocycles. The molecular weight excluding hydrogens is 190 g/mol. The summed E-state index contributed by atoms with van der Waals surface area (Å²) in [5, 5.41) is 0. The Morgan fingerprint density at radius 2 is 2.20 bits per heavy atom. The van der Waals surface area contributed by atoms with Gasteiger partial charge in [0.25, 0.3) is 0 Å². The zero-order chi connectivity index (χ0) is 10.3. The first kappa shape index (κ1) is 10.1. The molecule has 0 unspecified atom stereocenters. The van der Waals surface area contributed by atoms with Crippen molar-refractivity contribution >= 4 is 0 Å². The Hall–Kier alpha value is -0.120. The maximum atomic E-state index is 5.87. The van der Waals surface area contributed by atoms with E-state index >= 15 is 0 Å². The van der Waals surface area contributed by atoms with Crippen molar-refractivity contribution in [2.24, 2.45) is 5.92 Å². The van der Waals surface area contributed by atoms with Gasteiger partial charge in [-0.15, -0.1) is 0 Å². The highest BCUT2D eigenvalue weighted by Gasteiger charge is 2.45. The highest BCUT2D eigenvalue weighted by molar-refractivity contribution is 4.98. The van der Waals surface area contributed by atoms with Crippen LogP contribution in [0.25, 0.3) is 0 Å². The predicted octanol–water partition coefficient (Wildman–Crippen LogP) is 1.27. The van der Waals surface area contributed by atoms with E-state index in [0.29, 0.717) is 18.2 Å². The van der Waals surface area contributed by atoms with Gasteiger partial charge < -0.3 is 9.47 Å². The fraction of sp³-hybridized carbons (Fsp3) is 1.00. The Kier molecular flexibility index (Phi) is 2.71. The minimum Gasteiger partial charge on any atom is -0.377 e. The summed E-state index contributed by atoms with van der Waals surface area (Å²) in [5.74, 6) is 0.975. The maximum Gasteiger partial charge on any atom is 0.100 e. The fourth-order valence-corrected chi connectivity index (χ4v) is 3.05. The Morgan fingerprint density at radius 1 is 1.33 bits per heavy atom. The number of hydrogen-bond acceptors (Lipinski definition) is 3. The minimum atomic E-state index is 0.314. The van der Waals surface area contributed by atoms with Gasteiger partial charge in [0.05, 0.1) is 6.10 Å². The van der Waals surface area contributed by atoms with Crippen molar-refractivity contribution < 1.29 is 9.47 Å². The first-order chi connectivity index (χ1) is 7.38. The summed E-state index contributed by atoms with van der Waals surface area (Å²) < 4.78 is 11.4. The van der Waals surface area contributed by atoms with E-state index in [1.54, 1.807) is 0 Å². The molecule has 1 aliphatic carbocycles. The van der Waals surface area contributed by atoms with Crippen molar-refractivity contribution in [2.75, 3.05) is 26.8 Å². The van der Waals surface area contributed by atoms with E-state index in [1.807, 2.05) is 7.11 Å². The predicted molar refractivity (Wildman–Crippen MR) is 57.9 cm³/mol. The molecule has 3 atom stereocenters. The van der Waals surface area contributed by atoms with Crippen LogP contribution < -0.4 is 0 Å². The Balaban J connectivity index is 1.67. The summed E-state index contributed by atoms with van der Waals surface area (Å²) in [6.45, 7) is 3.30. The smallest absolute Gasteiger partial charge is 0.100 e. The lowest BCUT2D eigenvalue weighted by atomic mass is 10.0. The molecular formula is C12H21NO2. The maximum absolute atomic E-state index is 5.87. The van der Waals surface area contributed by atoms with Crippen LogP contribution in [0.4, 0.5) is 0 Å². The van der Waals surface area contributed by atoms with E-state index in [1.165, 1.54) is 32.2 Å². The standard InChI is InChI=1S/C12H21NO2/c1-14-11-8-13(7-9-4-5-9)10-3-2-6-15-12(10)11/h9-12H,2-8H2,1H3/t10-,11+,12+/m0/s1. The van der Waals surface area contributed by atoms with Crippen molar-refractivity contribution in [1.29, 1.82) is 0 Å². The summed E-state index contributed by atoms with van der Waals surface area (Å²) in [5.41, 5.74) is 0. The summed E-state index contributed by atoms with van der Waals surface area (Å²) in [6, 6.07) is 0.643. The van der Waals surface area contributed by atoms with Crippen LogP contribution in [-0.4, -0.2) is 50.0 Å². The summed E-state index contributed by atoms with van der Waals surface area (Å²) >= 11 is 0. The molecule has 3 fully saturated rings. The zero-order valence-electron chi connectivity index (χ0n) is 9.52. The van der Waals surface area contributed by atoms with Crippen molar-refractivity contribution in [3.8, 4) is 0 Å². The molecule has 3 heteroatoms. The molecule has 0 aromatic carbocycles. The van der Waals surface area contributed by atoms with Crippen molar-refractivity contribution in [1.82, 2.24) is 4.90 Å². The molecule has 0 bridgehead atoms. The van der Waals surface area contributed by atoms with E-state index in [0.717, 1.165) is 19.1 Å². The van der Waals surface area contributed by atoms with E-state index in [9.17, 15) is 0 Å². The second-order valence-electron chi connectivity index (χ2n) is 5.22. The largest absolute Gasteiger partial charge is 0.377 e. The molecule has 3 aliphatic rings. The van der Waals surface area contributed by atoms with Gasteiger partial charge in [-0.2, -0.15) is 0 Å². The molecule has 2 aliphatic heterocycles. The summed E-state index contributed by atoms with van der Waals surface area (Å²) in [4.78, 5) is 2.62.